The molecule has 1 aliphatic heterocycles. The number of alkyl halides is 3. The molecule has 3 rings (SSSR count). The van der Waals surface area contributed by atoms with Gasteiger partial charge in [-0.2, -0.15) is 13.2 Å². The van der Waals surface area contributed by atoms with Gasteiger partial charge in [0.15, 0.2) is 0 Å². The number of ketones is 1. The van der Waals surface area contributed by atoms with Crippen LogP contribution >= 0.6 is 0 Å². The number of aromatic amines is 1. The lowest BCUT2D eigenvalue weighted by Crippen LogP contribution is -3.15. The van der Waals surface area contributed by atoms with E-state index < -0.39 is 11.7 Å². The van der Waals surface area contributed by atoms with Gasteiger partial charge in [0.05, 0.1) is 12.7 Å². The molecule has 0 unspecified atom stereocenters. The van der Waals surface area contributed by atoms with E-state index in [1.165, 1.54) is 11.0 Å². The van der Waals surface area contributed by atoms with Crippen LogP contribution in [0.3, 0.4) is 0 Å². The van der Waals surface area contributed by atoms with Crippen molar-refractivity contribution in [3.63, 3.8) is 0 Å². The minimum Gasteiger partial charge on any atom is -0.497 e. The number of rotatable bonds is 5. The topological polar surface area (TPSA) is 48.1 Å². The number of ether oxygens (including phenoxy) is 1. The number of H-pyrrole nitrogens is 1. The fraction of sp³-hybridized carbons (Fsp3) is 0.368. The SMILES string of the molecule is COc1ccc(C(=O)C[NH+]2CCN(c3ccc(C(F)(F)F)c[nH+]3)CC2)cc1. The summed E-state index contributed by atoms with van der Waals surface area (Å²) in [7, 11) is 1.58. The van der Waals surface area contributed by atoms with Crippen LogP contribution in [0.4, 0.5) is 19.0 Å². The second kappa shape index (κ2) is 7.96. The van der Waals surface area contributed by atoms with E-state index in [1.54, 1.807) is 31.4 Å². The fourth-order valence-corrected chi connectivity index (χ4v) is 3.14. The van der Waals surface area contributed by atoms with Crippen molar-refractivity contribution in [3.8, 4) is 5.75 Å². The average molecular weight is 381 g/mol. The monoisotopic (exact) mass is 381 g/mol. The Morgan fingerprint density at radius 3 is 2.33 bits per heavy atom. The van der Waals surface area contributed by atoms with Gasteiger partial charge in [-0.25, -0.2) is 4.98 Å². The molecular weight excluding hydrogens is 359 g/mol. The number of Topliss-reactive ketones (excluding diaryl/α,β-unsaturated/α-hetero) is 1. The van der Waals surface area contributed by atoms with Gasteiger partial charge in [-0.3, -0.25) is 9.69 Å². The summed E-state index contributed by atoms with van der Waals surface area (Å²) in [6.45, 7) is 3.24. The highest BCUT2D eigenvalue weighted by Gasteiger charge is 2.33. The van der Waals surface area contributed by atoms with Gasteiger partial charge < -0.3 is 9.64 Å². The maximum Gasteiger partial charge on any atom is 0.419 e. The normalized spacial score (nSPS) is 15.6. The summed E-state index contributed by atoms with van der Waals surface area (Å²) >= 11 is 0. The van der Waals surface area contributed by atoms with Crippen LogP contribution in [0, 0.1) is 0 Å². The molecule has 0 bridgehead atoms. The highest BCUT2D eigenvalue weighted by molar-refractivity contribution is 5.96. The van der Waals surface area contributed by atoms with Gasteiger partial charge in [0.25, 0.3) is 5.82 Å². The Labute approximate surface area is 155 Å². The summed E-state index contributed by atoms with van der Waals surface area (Å²) in [6.07, 6.45) is -3.36. The van der Waals surface area contributed by atoms with Crippen molar-refractivity contribution < 1.29 is 32.6 Å². The van der Waals surface area contributed by atoms with Crippen LogP contribution in [0.15, 0.2) is 42.6 Å². The van der Waals surface area contributed by atoms with Crippen molar-refractivity contribution in [1.82, 2.24) is 0 Å². The van der Waals surface area contributed by atoms with Gasteiger partial charge in [0.1, 0.15) is 44.7 Å². The Kier molecular flexibility index (Phi) is 5.65. The van der Waals surface area contributed by atoms with Crippen molar-refractivity contribution >= 4 is 11.6 Å². The van der Waals surface area contributed by atoms with Gasteiger partial charge in [-0.15, -0.1) is 0 Å². The van der Waals surface area contributed by atoms with Crippen molar-refractivity contribution in [2.45, 2.75) is 6.18 Å². The predicted molar refractivity (Wildman–Crippen MR) is 93.1 cm³/mol. The van der Waals surface area contributed by atoms with Crippen LogP contribution in [0.5, 0.6) is 5.75 Å². The van der Waals surface area contributed by atoms with Crippen LogP contribution < -0.4 is 19.5 Å². The molecule has 5 nitrogen and oxygen atoms in total. The molecule has 0 amide bonds. The maximum atomic E-state index is 12.6. The molecule has 1 fully saturated rings. The molecular formula is C19H22F3N3O2+2. The molecule has 1 aromatic carbocycles. The van der Waals surface area contributed by atoms with Crippen LogP contribution in [0.1, 0.15) is 15.9 Å². The summed E-state index contributed by atoms with van der Waals surface area (Å²) in [5.74, 6) is 1.44. The van der Waals surface area contributed by atoms with Crippen molar-refractivity contribution in [3.05, 3.63) is 53.7 Å². The fourth-order valence-electron chi connectivity index (χ4n) is 3.14. The molecule has 0 spiro atoms. The Morgan fingerprint density at radius 2 is 1.81 bits per heavy atom. The Balaban J connectivity index is 1.53. The number of halogens is 3. The van der Waals surface area contributed by atoms with Gasteiger partial charge in [-0.05, 0) is 30.3 Å². The van der Waals surface area contributed by atoms with Gasteiger partial charge in [0.2, 0.25) is 5.78 Å². The number of nitrogens with zero attached hydrogens (tertiary/aromatic N) is 1. The lowest BCUT2D eigenvalue weighted by Gasteiger charge is -2.28. The van der Waals surface area contributed by atoms with Crippen LogP contribution in [0.25, 0.3) is 0 Å². The van der Waals surface area contributed by atoms with E-state index in [0.717, 1.165) is 25.4 Å². The second-order valence-electron chi connectivity index (χ2n) is 6.53. The predicted octanol–water partition coefficient (Wildman–Crippen LogP) is 1.12. The first-order valence-electron chi connectivity index (χ1n) is 8.71. The molecule has 0 saturated carbocycles. The lowest BCUT2D eigenvalue weighted by atomic mass is 10.1. The quantitative estimate of drug-likeness (QED) is 0.790. The Morgan fingerprint density at radius 1 is 1.15 bits per heavy atom. The summed E-state index contributed by atoms with van der Waals surface area (Å²) in [4.78, 5) is 18.3. The first-order valence-corrected chi connectivity index (χ1v) is 8.71. The number of anilines is 1. The Bertz CT molecular complexity index is 768. The number of quaternary nitrogens is 1. The molecule has 1 aliphatic rings. The average Bonchev–Trinajstić information content (AvgIpc) is 2.68. The molecule has 2 N–H and O–H groups in total. The molecule has 27 heavy (non-hydrogen) atoms. The zero-order valence-corrected chi connectivity index (χ0v) is 15.0. The third kappa shape index (κ3) is 4.77. The van der Waals surface area contributed by atoms with Crippen LogP contribution in [-0.4, -0.2) is 45.6 Å². The number of carbonyl (C=O) groups excluding carboxylic acids is 1. The van der Waals surface area contributed by atoms with Crippen LogP contribution in [0.2, 0.25) is 0 Å². The van der Waals surface area contributed by atoms with Gasteiger partial charge >= 0.3 is 6.18 Å². The largest absolute Gasteiger partial charge is 0.497 e. The number of benzene rings is 1. The van der Waals surface area contributed by atoms with E-state index in [2.05, 4.69) is 4.98 Å². The molecule has 1 saturated heterocycles. The zero-order chi connectivity index (χ0) is 19.4. The molecule has 0 radical (unpaired) electrons. The Hall–Kier alpha value is -2.61. The smallest absolute Gasteiger partial charge is 0.419 e. The number of methoxy groups -OCH3 is 1. The molecule has 8 heteroatoms. The highest BCUT2D eigenvalue weighted by atomic mass is 19.4. The first kappa shape index (κ1) is 19.2. The lowest BCUT2D eigenvalue weighted by molar-refractivity contribution is -0.892. The van der Waals surface area contributed by atoms with E-state index in [1.807, 2.05) is 4.90 Å². The minimum atomic E-state index is -4.35. The van der Waals surface area contributed by atoms with E-state index in [-0.39, 0.29) is 5.78 Å². The summed E-state index contributed by atoms with van der Waals surface area (Å²) in [6, 6.07) is 9.58. The van der Waals surface area contributed by atoms with Gasteiger partial charge in [-0.1, -0.05) is 0 Å². The van der Waals surface area contributed by atoms with Crippen molar-refractivity contribution in [1.29, 1.82) is 0 Å². The number of hydrogen-bond donors (Lipinski definition) is 1. The standard InChI is InChI=1S/C19H20F3N3O2/c1-27-16-5-2-14(3-6-16)17(26)13-24-8-10-25(11-9-24)18-7-4-15(12-23-18)19(20,21)22/h2-7,12H,8-11,13H2,1H3/p+2. The maximum absolute atomic E-state index is 12.6. The summed E-state index contributed by atoms with van der Waals surface area (Å²) < 4.78 is 43.0. The number of carbonyl (C=O) groups is 1. The second-order valence-corrected chi connectivity index (χ2v) is 6.53. The number of pyridine rings is 1. The third-order valence-corrected chi connectivity index (χ3v) is 4.76. The number of aromatic nitrogens is 1. The molecule has 2 heterocycles. The number of piperazine rings is 1. The first-order chi connectivity index (χ1) is 12.9. The minimum absolute atomic E-state index is 0.0715. The van der Waals surface area contributed by atoms with Crippen molar-refractivity contribution in [2.24, 2.45) is 0 Å². The van der Waals surface area contributed by atoms with E-state index in [4.69, 9.17) is 4.74 Å². The van der Waals surface area contributed by atoms with Crippen molar-refractivity contribution in [2.75, 3.05) is 44.7 Å². The van der Waals surface area contributed by atoms with Gasteiger partial charge in [0, 0.05) is 11.6 Å². The van der Waals surface area contributed by atoms with E-state index in [9.17, 15) is 18.0 Å². The highest BCUT2D eigenvalue weighted by Crippen LogP contribution is 2.28. The molecule has 1 aromatic heterocycles. The molecule has 0 aliphatic carbocycles. The number of nitrogens with one attached hydrogen (secondary N) is 2. The zero-order valence-electron chi connectivity index (χ0n) is 15.0. The molecule has 144 valence electrons. The summed E-state index contributed by atoms with van der Waals surface area (Å²) in [5.41, 5.74) is -0.0394. The number of hydrogen-bond acceptors (Lipinski definition) is 3. The van der Waals surface area contributed by atoms with Crippen LogP contribution in [-0.2, 0) is 6.18 Å². The molecule has 0 atom stereocenters. The third-order valence-electron chi connectivity index (χ3n) is 4.76. The van der Waals surface area contributed by atoms with E-state index >= 15 is 0 Å². The molecule has 2 aromatic rings. The summed E-state index contributed by atoms with van der Waals surface area (Å²) in [5, 5.41) is 0. The van der Waals surface area contributed by atoms with E-state index in [0.29, 0.717) is 36.8 Å².